The molecule has 2 rings (SSSR count). The van der Waals surface area contributed by atoms with Crippen molar-refractivity contribution >= 4 is 27.7 Å². The fourth-order valence-corrected chi connectivity index (χ4v) is 1.59. The number of carbonyl (C=O) groups is 1. The lowest BCUT2D eigenvalue weighted by atomic mass is 10.3. The zero-order valence-corrected chi connectivity index (χ0v) is 9.41. The molecule has 1 fully saturated rings. The third kappa shape index (κ3) is 2.12. The highest BCUT2D eigenvalue weighted by Crippen LogP contribution is 2.38. The summed E-state index contributed by atoms with van der Waals surface area (Å²) in [5, 5.41) is 2.79. The number of amides is 1. The first-order valence-corrected chi connectivity index (χ1v) is 5.38. The minimum atomic E-state index is 0.0901. The number of aromatic nitrogens is 1. The Morgan fingerprint density at radius 3 is 2.86 bits per heavy atom. The largest absolute Gasteiger partial charge is 0.310 e. The summed E-state index contributed by atoms with van der Waals surface area (Å²) in [7, 11) is 0. The first-order chi connectivity index (χ1) is 6.66. The monoisotopic (exact) mass is 254 g/mol. The maximum Gasteiger partial charge on any atom is 0.228 e. The van der Waals surface area contributed by atoms with Gasteiger partial charge in [0.15, 0.2) is 0 Å². The number of pyridine rings is 1. The molecule has 3 nitrogen and oxygen atoms in total. The van der Waals surface area contributed by atoms with Crippen molar-refractivity contribution in [3.8, 4) is 0 Å². The van der Waals surface area contributed by atoms with E-state index in [1.165, 1.54) is 0 Å². The third-order valence-electron chi connectivity index (χ3n) is 2.42. The van der Waals surface area contributed by atoms with Gasteiger partial charge in [-0.25, -0.2) is 4.98 Å². The van der Waals surface area contributed by atoms with Gasteiger partial charge in [0, 0.05) is 16.6 Å². The third-order valence-corrected chi connectivity index (χ3v) is 2.89. The van der Waals surface area contributed by atoms with Crippen LogP contribution in [0.15, 0.2) is 22.8 Å². The molecule has 1 N–H and O–H groups in total. The van der Waals surface area contributed by atoms with Crippen LogP contribution < -0.4 is 5.32 Å². The molecule has 1 aromatic rings. The summed E-state index contributed by atoms with van der Waals surface area (Å²) in [6.07, 6.45) is 2.67. The summed E-state index contributed by atoms with van der Waals surface area (Å²) in [6, 6.07) is 3.65. The highest BCUT2D eigenvalue weighted by Gasteiger charge is 2.39. The Kier molecular flexibility index (Phi) is 2.54. The van der Waals surface area contributed by atoms with Gasteiger partial charge in [-0.15, -0.1) is 0 Å². The van der Waals surface area contributed by atoms with E-state index in [1.807, 2.05) is 6.07 Å². The number of anilines is 1. The molecule has 0 spiro atoms. The zero-order chi connectivity index (χ0) is 10.1. The molecular formula is C10H11BrN2O. The smallest absolute Gasteiger partial charge is 0.228 e. The quantitative estimate of drug-likeness (QED) is 0.881. The van der Waals surface area contributed by atoms with E-state index in [-0.39, 0.29) is 11.8 Å². The van der Waals surface area contributed by atoms with Crippen molar-refractivity contribution in [2.75, 3.05) is 5.32 Å². The van der Waals surface area contributed by atoms with Gasteiger partial charge in [0.2, 0.25) is 5.91 Å². The number of nitrogens with zero attached hydrogens (tertiary/aromatic N) is 1. The van der Waals surface area contributed by atoms with Crippen molar-refractivity contribution in [2.24, 2.45) is 11.8 Å². The molecule has 1 saturated carbocycles. The van der Waals surface area contributed by atoms with Gasteiger partial charge >= 0.3 is 0 Å². The van der Waals surface area contributed by atoms with Gasteiger partial charge in [-0.1, -0.05) is 6.92 Å². The molecule has 0 unspecified atom stereocenters. The van der Waals surface area contributed by atoms with Crippen molar-refractivity contribution in [3.63, 3.8) is 0 Å². The van der Waals surface area contributed by atoms with Gasteiger partial charge in [-0.2, -0.15) is 0 Å². The Bertz CT molecular complexity index is 350. The fraction of sp³-hybridized carbons (Fsp3) is 0.400. The topological polar surface area (TPSA) is 42.0 Å². The molecule has 4 heteroatoms. The van der Waals surface area contributed by atoms with E-state index < -0.39 is 0 Å². The molecule has 1 amide bonds. The normalized spacial score (nSPS) is 24.4. The predicted molar refractivity (Wildman–Crippen MR) is 57.8 cm³/mol. The second-order valence-corrected chi connectivity index (χ2v) is 4.59. The SMILES string of the molecule is C[C@@H]1C[C@H]1C(=O)Nc1ccc(Br)cn1. The van der Waals surface area contributed by atoms with Crippen LogP contribution in [0.3, 0.4) is 0 Å². The summed E-state index contributed by atoms with van der Waals surface area (Å²) >= 11 is 3.29. The molecule has 1 aliphatic rings. The summed E-state index contributed by atoms with van der Waals surface area (Å²) < 4.78 is 0.912. The van der Waals surface area contributed by atoms with E-state index in [0.29, 0.717) is 11.7 Å². The van der Waals surface area contributed by atoms with E-state index in [2.05, 4.69) is 33.2 Å². The molecule has 0 radical (unpaired) electrons. The van der Waals surface area contributed by atoms with Crippen LogP contribution in [0.4, 0.5) is 5.82 Å². The summed E-state index contributed by atoms with van der Waals surface area (Å²) in [4.78, 5) is 15.6. The van der Waals surface area contributed by atoms with Crippen LogP contribution in [0.5, 0.6) is 0 Å². The van der Waals surface area contributed by atoms with Crippen molar-refractivity contribution in [1.82, 2.24) is 4.98 Å². The van der Waals surface area contributed by atoms with Crippen molar-refractivity contribution in [1.29, 1.82) is 0 Å². The van der Waals surface area contributed by atoms with Gasteiger partial charge in [-0.05, 0) is 40.4 Å². The first-order valence-electron chi connectivity index (χ1n) is 4.59. The van der Waals surface area contributed by atoms with Crippen molar-refractivity contribution < 1.29 is 4.79 Å². The molecule has 0 bridgehead atoms. The maximum absolute atomic E-state index is 11.5. The minimum absolute atomic E-state index is 0.0901. The average molecular weight is 255 g/mol. The first kappa shape index (κ1) is 9.65. The van der Waals surface area contributed by atoms with E-state index in [1.54, 1.807) is 12.3 Å². The van der Waals surface area contributed by atoms with Gasteiger partial charge < -0.3 is 5.32 Å². The maximum atomic E-state index is 11.5. The summed E-state index contributed by atoms with van der Waals surface area (Å²) in [5.74, 6) is 1.44. The number of hydrogen-bond donors (Lipinski definition) is 1. The van der Waals surface area contributed by atoms with Crippen molar-refractivity contribution in [2.45, 2.75) is 13.3 Å². The van der Waals surface area contributed by atoms with Crippen LogP contribution in [-0.4, -0.2) is 10.9 Å². The highest BCUT2D eigenvalue weighted by atomic mass is 79.9. The van der Waals surface area contributed by atoms with Crippen molar-refractivity contribution in [3.05, 3.63) is 22.8 Å². The van der Waals surface area contributed by atoms with E-state index in [4.69, 9.17) is 0 Å². The van der Waals surface area contributed by atoms with Crippen LogP contribution in [0.2, 0.25) is 0 Å². The zero-order valence-electron chi connectivity index (χ0n) is 7.83. The molecule has 0 saturated heterocycles. The molecule has 74 valence electrons. The van der Waals surface area contributed by atoms with Gasteiger partial charge in [0.25, 0.3) is 0 Å². The minimum Gasteiger partial charge on any atom is -0.310 e. The fourth-order valence-electron chi connectivity index (χ4n) is 1.36. The number of hydrogen-bond acceptors (Lipinski definition) is 2. The molecule has 1 aliphatic carbocycles. The number of rotatable bonds is 2. The standard InChI is InChI=1S/C10H11BrN2O/c1-6-4-8(6)10(14)13-9-3-2-7(11)5-12-9/h2-3,5-6,8H,4H2,1H3,(H,12,13,14)/t6-,8-/m1/s1. The predicted octanol–water partition coefficient (Wildman–Crippen LogP) is 2.44. The van der Waals surface area contributed by atoms with Crippen LogP contribution in [0.25, 0.3) is 0 Å². The number of halogens is 1. The second-order valence-electron chi connectivity index (χ2n) is 3.67. The molecule has 14 heavy (non-hydrogen) atoms. The van der Waals surface area contributed by atoms with E-state index in [0.717, 1.165) is 10.9 Å². The van der Waals surface area contributed by atoms with Crippen LogP contribution in [-0.2, 0) is 4.79 Å². The molecule has 1 heterocycles. The van der Waals surface area contributed by atoms with E-state index in [9.17, 15) is 4.79 Å². The number of nitrogens with one attached hydrogen (secondary N) is 1. The Morgan fingerprint density at radius 2 is 2.36 bits per heavy atom. The Balaban J connectivity index is 1.97. The lowest BCUT2D eigenvalue weighted by molar-refractivity contribution is -0.117. The highest BCUT2D eigenvalue weighted by molar-refractivity contribution is 9.10. The second kappa shape index (κ2) is 3.69. The Hall–Kier alpha value is -0.900. The summed E-state index contributed by atoms with van der Waals surface area (Å²) in [6.45, 7) is 2.08. The van der Waals surface area contributed by atoms with Crippen LogP contribution >= 0.6 is 15.9 Å². The van der Waals surface area contributed by atoms with Crippen LogP contribution in [0.1, 0.15) is 13.3 Å². The lowest BCUT2D eigenvalue weighted by Gasteiger charge is -2.02. The molecule has 2 atom stereocenters. The molecule has 0 aromatic carbocycles. The van der Waals surface area contributed by atoms with E-state index >= 15 is 0 Å². The summed E-state index contributed by atoms with van der Waals surface area (Å²) in [5.41, 5.74) is 0. The average Bonchev–Trinajstić information content (AvgIpc) is 2.87. The van der Waals surface area contributed by atoms with Gasteiger partial charge in [0.05, 0.1) is 0 Å². The van der Waals surface area contributed by atoms with Gasteiger partial charge in [0.1, 0.15) is 5.82 Å². The van der Waals surface area contributed by atoms with Crippen LogP contribution in [0, 0.1) is 11.8 Å². The molecule has 1 aromatic heterocycles. The lowest BCUT2D eigenvalue weighted by Crippen LogP contribution is -2.15. The van der Waals surface area contributed by atoms with Gasteiger partial charge in [-0.3, -0.25) is 4.79 Å². The molecule has 0 aliphatic heterocycles. The Morgan fingerprint density at radius 1 is 1.64 bits per heavy atom. The number of carbonyl (C=O) groups excluding carboxylic acids is 1. The Labute approximate surface area is 91.0 Å². The molecular weight excluding hydrogens is 244 g/mol.